The Labute approximate surface area is 74.1 Å². The van der Waals surface area contributed by atoms with Crippen LogP contribution >= 0.6 is 0 Å². The molecule has 0 aliphatic carbocycles. The van der Waals surface area contributed by atoms with E-state index < -0.39 is 10.2 Å². The van der Waals surface area contributed by atoms with Gasteiger partial charge in [-0.1, -0.05) is 0 Å². The second-order valence-corrected chi connectivity index (χ2v) is 5.85. The van der Waals surface area contributed by atoms with Gasteiger partial charge in [0.1, 0.15) is 0 Å². The van der Waals surface area contributed by atoms with Crippen molar-refractivity contribution in [2.75, 3.05) is 6.54 Å². The first-order valence-electron chi connectivity index (χ1n) is 4.03. The maximum Gasteiger partial charge on any atom is 0.280 e. The fourth-order valence-electron chi connectivity index (χ4n) is 1.34. The molecule has 0 aromatic heterocycles. The lowest BCUT2D eigenvalue weighted by molar-refractivity contribution is 0.262. The average Bonchev–Trinajstić information content (AvgIpc) is 2.02. The Morgan fingerprint density at radius 2 is 1.92 bits per heavy atom. The van der Waals surface area contributed by atoms with Crippen LogP contribution in [0.3, 0.4) is 0 Å². The minimum absolute atomic E-state index is 0.0224. The smallest absolute Gasteiger partial charge is 0.198 e. The molecule has 0 aromatic rings. The van der Waals surface area contributed by atoms with Crippen LogP contribution in [0.4, 0.5) is 0 Å². The Morgan fingerprint density at radius 3 is 2.08 bits per heavy atom. The molecule has 72 valence electrons. The van der Waals surface area contributed by atoms with Crippen molar-refractivity contribution >= 4 is 10.2 Å². The second kappa shape index (κ2) is 2.68. The molecule has 0 spiro atoms. The van der Waals surface area contributed by atoms with E-state index in [4.69, 9.17) is 0 Å². The Morgan fingerprint density at radius 1 is 1.42 bits per heavy atom. The third-order valence-corrected chi connectivity index (χ3v) is 3.81. The van der Waals surface area contributed by atoms with Crippen LogP contribution in [-0.4, -0.2) is 30.8 Å². The highest BCUT2D eigenvalue weighted by Gasteiger charge is 2.39. The number of hydrogen-bond acceptors (Lipinski definition) is 2. The number of nitrogens with one attached hydrogen (secondary N) is 1. The van der Waals surface area contributed by atoms with Gasteiger partial charge in [0.2, 0.25) is 0 Å². The summed E-state index contributed by atoms with van der Waals surface area (Å²) in [7, 11) is -3.21. The van der Waals surface area contributed by atoms with Gasteiger partial charge in [0, 0.05) is 18.1 Å². The van der Waals surface area contributed by atoms with Crippen molar-refractivity contribution in [1.29, 1.82) is 0 Å². The van der Waals surface area contributed by atoms with E-state index >= 15 is 0 Å². The van der Waals surface area contributed by atoms with Crippen LogP contribution in [0.5, 0.6) is 0 Å². The molecule has 1 rings (SSSR count). The zero-order chi connectivity index (χ0) is 9.57. The highest BCUT2D eigenvalue weighted by Crippen LogP contribution is 2.21. The molecular weight excluding hydrogens is 176 g/mol. The first-order valence-corrected chi connectivity index (χ1v) is 5.47. The van der Waals surface area contributed by atoms with Gasteiger partial charge in [-0.25, -0.2) is 0 Å². The van der Waals surface area contributed by atoms with Crippen LogP contribution in [0, 0.1) is 0 Å². The van der Waals surface area contributed by atoms with Gasteiger partial charge in [0.25, 0.3) is 10.2 Å². The minimum atomic E-state index is -3.21. The van der Waals surface area contributed by atoms with Gasteiger partial charge in [-0.3, -0.25) is 0 Å². The third kappa shape index (κ3) is 1.78. The lowest BCUT2D eigenvalue weighted by Crippen LogP contribution is -2.43. The molecule has 1 atom stereocenters. The lowest BCUT2D eigenvalue weighted by atomic mass is 10.1. The first-order chi connectivity index (χ1) is 5.23. The fourth-order valence-corrected chi connectivity index (χ4v) is 3.19. The molecule has 1 heterocycles. The molecule has 4 nitrogen and oxygen atoms in total. The topological polar surface area (TPSA) is 49.4 Å². The quantitative estimate of drug-likeness (QED) is 0.601. The summed E-state index contributed by atoms with van der Waals surface area (Å²) in [5, 5.41) is 0. The predicted octanol–water partition coefficient (Wildman–Crippen LogP) is 0.323. The summed E-state index contributed by atoms with van der Waals surface area (Å²) >= 11 is 0. The zero-order valence-corrected chi connectivity index (χ0v) is 8.77. The maximum atomic E-state index is 11.4. The highest BCUT2D eigenvalue weighted by molar-refractivity contribution is 7.87. The van der Waals surface area contributed by atoms with E-state index in [0.29, 0.717) is 6.54 Å². The third-order valence-electron chi connectivity index (χ3n) is 1.83. The standard InChI is InChI=1S/C7H16N2O2S/c1-6-5-9(7(2,3)4)12(10,11)8-6/h6,8H,5H2,1-4H3. The van der Waals surface area contributed by atoms with Crippen LogP contribution in [-0.2, 0) is 10.2 Å². The van der Waals surface area contributed by atoms with E-state index in [2.05, 4.69) is 4.72 Å². The van der Waals surface area contributed by atoms with Gasteiger partial charge in [0.15, 0.2) is 0 Å². The molecule has 0 bridgehead atoms. The molecule has 0 radical (unpaired) electrons. The van der Waals surface area contributed by atoms with Gasteiger partial charge in [-0.15, -0.1) is 0 Å². The molecule has 0 saturated carbocycles. The molecular formula is C7H16N2O2S. The largest absolute Gasteiger partial charge is 0.280 e. The molecule has 0 amide bonds. The van der Waals surface area contributed by atoms with E-state index in [1.165, 1.54) is 4.31 Å². The molecule has 12 heavy (non-hydrogen) atoms. The molecule has 1 aliphatic heterocycles. The van der Waals surface area contributed by atoms with Crippen LogP contribution in [0.15, 0.2) is 0 Å². The maximum absolute atomic E-state index is 11.4. The Balaban J connectivity index is 2.94. The Bertz CT molecular complexity index is 266. The molecule has 1 N–H and O–H groups in total. The fraction of sp³-hybridized carbons (Fsp3) is 1.00. The van der Waals surface area contributed by atoms with Crippen LogP contribution in [0.2, 0.25) is 0 Å². The summed E-state index contributed by atoms with van der Waals surface area (Å²) in [4.78, 5) is 0. The molecule has 5 heteroatoms. The number of hydrogen-bond donors (Lipinski definition) is 1. The predicted molar refractivity (Wildman–Crippen MR) is 48.0 cm³/mol. The summed E-state index contributed by atoms with van der Waals surface area (Å²) in [5.74, 6) is 0. The monoisotopic (exact) mass is 192 g/mol. The summed E-state index contributed by atoms with van der Waals surface area (Å²) < 4.78 is 26.9. The Kier molecular flexibility index (Phi) is 2.22. The summed E-state index contributed by atoms with van der Waals surface area (Å²) in [6.45, 7) is 8.11. The van der Waals surface area contributed by atoms with Crippen molar-refractivity contribution in [3.05, 3.63) is 0 Å². The highest BCUT2D eigenvalue weighted by atomic mass is 32.2. The summed E-state index contributed by atoms with van der Waals surface area (Å²) in [6, 6.07) is 0.0224. The van der Waals surface area contributed by atoms with Crippen molar-refractivity contribution in [1.82, 2.24) is 9.03 Å². The normalized spacial score (nSPS) is 30.8. The molecule has 1 unspecified atom stereocenters. The van der Waals surface area contributed by atoms with E-state index in [1.807, 2.05) is 27.7 Å². The van der Waals surface area contributed by atoms with Gasteiger partial charge >= 0.3 is 0 Å². The molecule has 1 aliphatic rings. The van der Waals surface area contributed by atoms with E-state index in [1.54, 1.807) is 0 Å². The summed E-state index contributed by atoms with van der Waals surface area (Å²) in [6.07, 6.45) is 0. The van der Waals surface area contributed by atoms with Gasteiger partial charge in [0.05, 0.1) is 0 Å². The van der Waals surface area contributed by atoms with Crippen molar-refractivity contribution in [2.24, 2.45) is 0 Å². The molecule has 0 aromatic carbocycles. The van der Waals surface area contributed by atoms with Crippen LogP contribution < -0.4 is 4.72 Å². The van der Waals surface area contributed by atoms with Crippen LogP contribution in [0.1, 0.15) is 27.7 Å². The van der Waals surface area contributed by atoms with Crippen molar-refractivity contribution < 1.29 is 8.42 Å². The molecule has 1 saturated heterocycles. The minimum Gasteiger partial charge on any atom is -0.198 e. The SMILES string of the molecule is CC1CN(C(C)(C)C)S(=O)(=O)N1. The Hall–Kier alpha value is -0.130. The van der Waals surface area contributed by atoms with E-state index in [9.17, 15) is 8.42 Å². The van der Waals surface area contributed by atoms with Gasteiger partial charge in [-0.05, 0) is 27.7 Å². The van der Waals surface area contributed by atoms with Gasteiger partial charge in [-0.2, -0.15) is 17.4 Å². The average molecular weight is 192 g/mol. The first kappa shape index (κ1) is 9.95. The van der Waals surface area contributed by atoms with Crippen molar-refractivity contribution in [2.45, 2.75) is 39.3 Å². The summed E-state index contributed by atoms with van der Waals surface area (Å²) in [5.41, 5.74) is -0.323. The van der Waals surface area contributed by atoms with Crippen LogP contribution in [0.25, 0.3) is 0 Å². The lowest BCUT2D eigenvalue weighted by Gasteiger charge is -2.28. The van der Waals surface area contributed by atoms with E-state index in [0.717, 1.165) is 0 Å². The van der Waals surface area contributed by atoms with Crippen molar-refractivity contribution in [3.8, 4) is 0 Å². The van der Waals surface area contributed by atoms with E-state index in [-0.39, 0.29) is 11.6 Å². The number of rotatable bonds is 0. The molecule has 1 fully saturated rings. The zero-order valence-electron chi connectivity index (χ0n) is 7.96. The number of nitrogens with zero attached hydrogens (tertiary/aromatic N) is 1. The second-order valence-electron chi connectivity index (χ2n) is 4.23. The van der Waals surface area contributed by atoms with Gasteiger partial charge < -0.3 is 0 Å². The van der Waals surface area contributed by atoms with Crippen molar-refractivity contribution in [3.63, 3.8) is 0 Å².